The number of hydrogen-bond acceptors (Lipinski definition) is 0. The van der Waals surface area contributed by atoms with Crippen molar-refractivity contribution in [3.63, 3.8) is 0 Å². The molecule has 23 valence electrons. The van der Waals surface area contributed by atoms with E-state index in [1.807, 2.05) is 0 Å². The summed E-state index contributed by atoms with van der Waals surface area (Å²) in [7, 11) is 0. The van der Waals surface area contributed by atoms with Crippen LogP contribution < -0.4 is 0 Å². The Balaban J connectivity index is 0. The summed E-state index contributed by atoms with van der Waals surface area (Å²) in [4.78, 5) is 0. The average molecular weight is 839 g/mol. The fourth-order valence-electron chi connectivity index (χ4n) is 0. The Morgan fingerprint density at radius 3 is 0.286 bits per heavy atom. The van der Waals surface area contributed by atoms with Crippen LogP contribution in [0, 0.1) is 37.7 Å². The minimum Gasteiger partial charge on any atom is 0 e. The Kier molecular flexibility index (Phi) is 269. The van der Waals surface area contributed by atoms with E-state index < -0.39 is 0 Å². The minimum absolute atomic E-state index is 0. The summed E-state index contributed by atoms with van der Waals surface area (Å²) in [5.74, 6) is 0. The third-order valence-electron chi connectivity index (χ3n) is 0. The molecule has 0 bridgehead atoms. The van der Waals surface area contributed by atoms with Crippen LogP contribution in [0.3, 0.4) is 0 Å². The molecule has 0 saturated heterocycles. The summed E-state index contributed by atoms with van der Waals surface area (Å²) >= 11 is 0. The Morgan fingerprint density at radius 2 is 0.286 bits per heavy atom. The van der Waals surface area contributed by atoms with Gasteiger partial charge in [0, 0.05) is 202 Å². The van der Waals surface area contributed by atoms with Crippen molar-refractivity contribution >= 4 is 0 Å². The van der Waals surface area contributed by atoms with Gasteiger partial charge < -0.3 is 0 Å². The van der Waals surface area contributed by atoms with Gasteiger partial charge in [0.1, 0.15) is 0 Å². The third kappa shape index (κ3) is 32.3. The van der Waals surface area contributed by atoms with Crippen LogP contribution in [-0.4, -0.2) is 0 Å². The molecule has 0 aliphatic rings. The van der Waals surface area contributed by atoms with Crippen molar-refractivity contribution in [2.75, 3.05) is 0 Å². The Hall–Kier alpha value is 6.79. The van der Waals surface area contributed by atoms with Crippen LogP contribution in [0.2, 0.25) is 0 Å². The average Bonchev–Trinajstić information content (AvgIpc) is 0. The maximum absolute atomic E-state index is 0. The maximum Gasteiger partial charge on any atom is 0 e. The quantitative estimate of drug-likeness (QED) is 0.302. The van der Waals surface area contributed by atoms with Crippen molar-refractivity contribution in [2.45, 2.75) is 0 Å². The van der Waals surface area contributed by atoms with Crippen molar-refractivity contribution in [1.82, 2.24) is 0 Å². The molecule has 0 rings (SSSR count). The van der Waals surface area contributed by atoms with Crippen molar-refractivity contribution in [3.8, 4) is 0 Å². The third-order valence-corrected chi connectivity index (χ3v) is 0. The molecule has 0 atom stereocenters. The van der Waals surface area contributed by atoms with Crippen molar-refractivity contribution < 1.29 is 202 Å². The van der Waals surface area contributed by atoms with Gasteiger partial charge in [-0.25, -0.2) is 0 Å². The zero-order valence-electron chi connectivity index (χ0n) is 4.54. The topological polar surface area (TPSA) is 0 Å². The molecule has 0 aromatic carbocycles. The van der Waals surface area contributed by atoms with E-state index in [1.165, 1.54) is 0 Å². The van der Waals surface area contributed by atoms with Gasteiger partial charge >= 0.3 is 0 Å². The molecule has 0 saturated carbocycles. The first-order valence-corrected chi connectivity index (χ1v) is 0. The summed E-state index contributed by atoms with van der Waals surface area (Å²) in [6.45, 7) is 0. The van der Waals surface area contributed by atoms with Crippen LogP contribution in [0.4, 0.5) is 0 Å². The number of hydrogen-bond donors (Lipinski definition) is 0. The van der Waals surface area contributed by atoms with E-state index in [4.69, 9.17) is 0 Å². The van der Waals surface area contributed by atoms with Gasteiger partial charge in [0.2, 0.25) is 0 Å². The summed E-state index contributed by atoms with van der Waals surface area (Å²) < 4.78 is 0. The van der Waals surface area contributed by atoms with E-state index in [0.717, 1.165) is 0 Å². The first-order chi connectivity index (χ1) is 0. The van der Waals surface area contributed by atoms with Crippen LogP contribution in [0.25, 0.3) is 0 Å². The molecule has 0 aromatic rings. The van der Waals surface area contributed by atoms with Gasteiger partial charge in [0.25, 0.3) is 0 Å². The number of rotatable bonds is 0. The predicted molar refractivity (Wildman–Crippen MR) is 0 cm³/mol. The van der Waals surface area contributed by atoms with Crippen LogP contribution in [0.15, 0.2) is 0 Å². The van der Waals surface area contributed by atoms with E-state index in [0.29, 0.717) is 0 Å². The van der Waals surface area contributed by atoms with Gasteiger partial charge in [0.05, 0.1) is 0 Å². The molecule has 0 N–H and O–H groups in total. The van der Waals surface area contributed by atoms with E-state index in [-0.39, 0.29) is 202 Å². The molecule has 7 heavy (non-hydrogen) atoms. The summed E-state index contributed by atoms with van der Waals surface area (Å²) in [6, 6.07) is 0. The SMILES string of the molecule is [Cd].[Cd].[Cd].[Cd].[Cd].[Cd].[Ho]. The standard InChI is InChI=1S/6Cd.Ho. The molecule has 0 amide bonds. The molecule has 0 nitrogen and oxygen atoms in total. The molecular weight excluding hydrogens is 839 g/mol. The van der Waals surface area contributed by atoms with Gasteiger partial charge in [-0.2, -0.15) is 0 Å². The second kappa shape index (κ2) is 38.6. The van der Waals surface area contributed by atoms with Crippen LogP contribution in [0.1, 0.15) is 0 Å². The van der Waals surface area contributed by atoms with Crippen molar-refractivity contribution in [1.29, 1.82) is 0 Å². The summed E-state index contributed by atoms with van der Waals surface area (Å²) in [6.07, 6.45) is 0. The molecule has 1 radical (unpaired) electrons. The molecular formula is Cd6Ho. The van der Waals surface area contributed by atoms with Crippen LogP contribution in [0.5, 0.6) is 0 Å². The Bertz CT molecular complexity index is 4.14. The zero-order chi connectivity index (χ0) is 0. The Morgan fingerprint density at radius 1 is 0.286 bits per heavy atom. The first-order valence-electron chi connectivity index (χ1n) is 0. The minimum atomic E-state index is 0. The normalized spacial score (nSPS) is 0. The predicted octanol–water partition coefficient (Wildman–Crippen LogP) is -0.0150. The fraction of sp³-hybridized carbons (Fsp3) is 0. The van der Waals surface area contributed by atoms with Crippen molar-refractivity contribution in [2.24, 2.45) is 0 Å². The molecule has 0 spiro atoms. The van der Waals surface area contributed by atoms with Gasteiger partial charge in [-0.05, 0) is 0 Å². The second-order valence-corrected chi connectivity index (χ2v) is 0. The van der Waals surface area contributed by atoms with Gasteiger partial charge in [-0.15, -0.1) is 0 Å². The van der Waals surface area contributed by atoms with E-state index in [1.54, 1.807) is 0 Å². The molecule has 0 unspecified atom stereocenters. The van der Waals surface area contributed by atoms with Crippen LogP contribution >= 0.6 is 0 Å². The Labute approximate surface area is 195 Å². The van der Waals surface area contributed by atoms with Gasteiger partial charge in [-0.1, -0.05) is 0 Å². The molecule has 0 aliphatic carbocycles. The van der Waals surface area contributed by atoms with E-state index in [2.05, 4.69) is 0 Å². The maximum atomic E-state index is 0. The molecule has 0 heterocycles. The van der Waals surface area contributed by atoms with Crippen LogP contribution in [-0.2, 0) is 164 Å². The van der Waals surface area contributed by atoms with E-state index in [9.17, 15) is 0 Å². The monoisotopic (exact) mass is 848 g/mol. The van der Waals surface area contributed by atoms with Gasteiger partial charge in [0.15, 0.2) is 0 Å². The second-order valence-electron chi connectivity index (χ2n) is 0. The van der Waals surface area contributed by atoms with Gasteiger partial charge in [-0.3, -0.25) is 0 Å². The molecule has 0 fully saturated rings. The summed E-state index contributed by atoms with van der Waals surface area (Å²) in [5.41, 5.74) is 0. The molecule has 0 aliphatic heterocycles. The largest absolute Gasteiger partial charge is 0 e. The zero-order valence-corrected chi connectivity index (χ0v) is 30.7. The first kappa shape index (κ1) is 48.9. The van der Waals surface area contributed by atoms with E-state index >= 15 is 0 Å². The molecule has 0 aromatic heterocycles. The smallest absolute Gasteiger partial charge is 0 e. The summed E-state index contributed by atoms with van der Waals surface area (Å²) in [5, 5.41) is 0. The molecule has 7 heteroatoms. The van der Waals surface area contributed by atoms with Crippen molar-refractivity contribution in [3.05, 3.63) is 0 Å². The fourth-order valence-corrected chi connectivity index (χ4v) is 0.